The molecule has 0 aromatic heterocycles. The van der Waals surface area contributed by atoms with Crippen molar-refractivity contribution in [2.24, 2.45) is 17.2 Å². The zero-order chi connectivity index (χ0) is 10.8. The van der Waals surface area contributed by atoms with Crippen LogP contribution < -0.4 is 17.2 Å². The molecular weight excluding hydrogens is 174 g/mol. The molecule has 0 heterocycles. The highest BCUT2D eigenvalue weighted by molar-refractivity contribution is 4.79. The molecule has 1 saturated carbocycles. The number of hydrogen-bond acceptors (Lipinski definition) is 3. The van der Waals surface area contributed by atoms with Crippen molar-refractivity contribution in [3.63, 3.8) is 0 Å². The van der Waals surface area contributed by atoms with Gasteiger partial charge in [-0.15, -0.1) is 0 Å². The molecule has 0 spiro atoms. The first-order chi connectivity index (χ1) is 6.72. The molecule has 0 unspecified atom stereocenters. The lowest BCUT2D eigenvalue weighted by Crippen LogP contribution is -2.43. The van der Waals surface area contributed by atoms with Crippen LogP contribution in [-0.4, -0.2) is 18.6 Å². The van der Waals surface area contributed by atoms with Crippen LogP contribution in [0.25, 0.3) is 0 Å². The van der Waals surface area contributed by atoms with Gasteiger partial charge in [-0.1, -0.05) is 32.6 Å². The topological polar surface area (TPSA) is 78.1 Å². The van der Waals surface area contributed by atoms with Crippen LogP contribution in [-0.2, 0) is 0 Å². The summed E-state index contributed by atoms with van der Waals surface area (Å²) in [5.74, 6) is 0. The Morgan fingerprint density at radius 1 is 1.00 bits per heavy atom. The molecule has 1 fully saturated rings. The molecule has 1 aliphatic rings. The average molecular weight is 201 g/mol. The molecule has 14 heavy (non-hydrogen) atoms. The predicted molar refractivity (Wildman–Crippen MR) is 63.0 cm³/mol. The van der Waals surface area contributed by atoms with E-state index in [1.807, 2.05) is 0 Å². The van der Waals surface area contributed by atoms with Crippen LogP contribution in [0.15, 0.2) is 0 Å². The molecule has 0 aliphatic heterocycles. The third-order valence-corrected chi connectivity index (χ3v) is 2.68. The van der Waals surface area contributed by atoms with Crippen LogP contribution in [0, 0.1) is 0 Å². The van der Waals surface area contributed by atoms with Gasteiger partial charge in [-0.25, -0.2) is 0 Å². The Balaban J connectivity index is 0.000000255. The van der Waals surface area contributed by atoms with Crippen molar-refractivity contribution in [3.8, 4) is 0 Å². The first-order valence-corrected chi connectivity index (χ1v) is 5.93. The van der Waals surface area contributed by atoms with Crippen LogP contribution in [0.5, 0.6) is 0 Å². The highest BCUT2D eigenvalue weighted by atomic mass is 14.8. The highest BCUT2D eigenvalue weighted by Crippen LogP contribution is 2.14. The maximum Gasteiger partial charge on any atom is 0.0192 e. The van der Waals surface area contributed by atoms with Gasteiger partial charge in [0.25, 0.3) is 0 Å². The van der Waals surface area contributed by atoms with Gasteiger partial charge in [0.15, 0.2) is 0 Å². The number of hydrogen-bond donors (Lipinski definition) is 3. The second kappa shape index (κ2) is 9.44. The fraction of sp³-hybridized carbons (Fsp3) is 1.00. The Morgan fingerprint density at radius 2 is 1.50 bits per heavy atom. The lowest BCUT2D eigenvalue weighted by Gasteiger charge is -2.24. The molecular formula is C11H27N3. The van der Waals surface area contributed by atoms with E-state index in [0.717, 1.165) is 19.4 Å². The molecule has 86 valence electrons. The lowest BCUT2D eigenvalue weighted by molar-refractivity contribution is 0.385. The molecule has 0 aromatic carbocycles. The Labute approximate surface area is 88.4 Å². The molecule has 3 heteroatoms. The smallest absolute Gasteiger partial charge is 0.0192 e. The maximum absolute atomic E-state index is 5.65. The first kappa shape index (κ1) is 13.9. The Hall–Kier alpha value is -0.120. The molecule has 0 saturated heterocycles. The van der Waals surface area contributed by atoms with E-state index in [4.69, 9.17) is 17.2 Å². The van der Waals surface area contributed by atoms with Crippen molar-refractivity contribution in [3.05, 3.63) is 0 Å². The second-order valence-corrected chi connectivity index (χ2v) is 4.11. The minimum absolute atomic E-state index is 0.281. The SMILES string of the molecule is CCCCCN.N[C@@H]1CCCC[C@@H]1N. The van der Waals surface area contributed by atoms with Crippen LogP contribution in [0.3, 0.4) is 0 Å². The van der Waals surface area contributed by atoms with Gasteiger partial charge < -0.3 is 17.2 Å². The monoisotopic (exact) mass is 201 g/mol. The quantitative estimate of drug-likeness (QED) is 0.603. The van der Waals surface area contributed by atoms with Gasteiger partial charge >= 0.3 is 0 Å². The van der Waals surface area contributed by atoms with E-state index < -0.39 is 0 Å². The van der Waals surface area contributed by atoms with Crippen molar-refractivity contribution in [1.29, 1.82) is 0 Å². The van der Waals surface area contributed by atoms with Crippen molar-refractivity contribution < 1.29 is 0 Å². The zero-order valence-electron chi connectivity index (χ0n) is 9.54. The summed E-state index contributed by atoms with van der Waals surface area (Å²) in [4.78, 5) is 0. The second-order valence-electron chi connectivity index (χ2n) is 4.11. The van der Waals surface area contributed by atoms with Crippen LogP contribution in [0.1, 0.15) is 51.9 Å². The van der Waals surface area contributed by atoms with Gasteiger partial charge in [-0.2, -0.15) is 0 Å². The summed E-state index contributed by atoms with van der Waals surface area (Å²) in [5, 5.41) is 0. The molecule has 6 N–H and O–H groups in total. The van der Waals surface area contributed by atoms with E-state index in [-0.39, 0.29) is 12.1 Å². The summed E-state index contributed by atoms with van der Waals surface area (Å²) < 4.78 is 0. The minimum Gasteiger partial charge on any atom is -0.330 e. The summed E-state index contributed by atoms with van der Waals surface area (Å²) >= 11 is 0. The summed E-state index contributed by atoms with van der Waals surface area (Å²) in [6, 6.07) is 0.562. The van der Waals surface area contributed by atoms with Crippen molar-refractivity contribution in [2.75, 3.05) is 6.54 Å². The van der Waals surface area contributed by atoms with Gasteiger partial charge in [0.2, 0.25) is 0 Å². The summed E-state index contributed by atoms with van der Waals surface area (Å²) in [6.45, 7) is 3.03. The third kappa shape index (κ3) is 7.30. The molecule has 0 bridgehead atoms. The van der Waals surface area contributed by atoms with Gasteiger partial charge in [0.05, 0.1) is 0 Å². The van der Waals surface area contributed by atoms with E-state index in [0.29, 0.717) is 0 Å². The molecule has 2 atom stereocenters. The lowest BCUT2D eigenvalue weighted by atomic mass is 9.92. The largest absolute Gasteiger partial charge is 0.330 e. The first-order valence-electron chi connectivity index (χ1n) is 5.93. The van der Waals surface area contributed by atoms with E-state index in [1.54, 1.807) is 0 Å². The van der Waals surface area contributed by atoms with E-state index >= 15 is 0 Å². The molecule has 0 aromatic rings. The minimum atomic E-state index is 0.281. The maximum atomic E-state index is 5.65. The summed E-state index contributed by atoms with van der Waals surface area (Å²) in [7, 11) is 0. The van der Waals surface area contributed by atoms with Crippen LogP contribution in [0.4, 0.5) is 0 Å². The summed E-state index contributed by atoms with van der Waals surface area (Å²) in [5.41, 5.74) is 16.5. The average Bonchev–Trinajstić information content (AvgIpc) is 2.20. The Morgan fingerprint density at radius 3 is 1.71 bits per heavy atom. The summed E-state index contributed by atoms with van der Waals surface area (Å²) in [6.07, 6.45) is 8.55. The van der Waals surface area contributed by atoms with Gasteiger partial charge in [0, 0.05) is 12.1 Å². The van der Waals surface area contributed by atoms with Crippen molar-refractivity contribution in [2.45, 2.75) is 64.0 Å². The van der Waals surface area contributed by atoms with Crippen molar-refractivity contribution >= 4 is 0 Å². The number of unbranched alkanes of at least 4 members (excludes halogenated alkanes) is 2. The Bertz CT molecular complexity index is 103. The molecule has 0 amide bonds. The van der Waals surface area contributed by atoms with Gasteiger partial charge in [-0.3, -0.25) is 0 Å². The third-order valence-electron chi connectivity index (χ3n) is 2.68. The molecule has 3 nitrogen and oxygen atoms in total. The van der Waals surface area contributed by atoms with Gasteiger partial charge in [0.1, 0.15) is 0 Å². The number of rotatable bonds is 3. The van der Waals surface area contributed by atoms with Crippen molar-refractivity contribution in [1.82, 2.24) is 0 Å². The molecule has 0 radical (unpaired) electrons. The number of nitrogens with two attached hydrogens (primary N) is 3. The Kier molecular flexibility index (Phi) is 9.35. The van der Waals surface area contributed by atoms with E-state index in [9.17, 15) is 0 Å². The van der Waals surface area contributed by atoms with E-state index in [2.05, 4.69) is 6.92 Å². The van der Waals surface area contributed by atoms with Crippen LogP contribution >= 0.6 is 0 Å². The fourth-order valence-corrected chi connectivity index (χ4v) is 1.58. The molecule has 1 rings (SSSR count). The molecule has 1 aliphatic carbocycles. The standard InChI is InChI=1S/C6H14N2.C5H13N/c7-5-3-1-2-4-6(5)8;1-2-3-4-5-6/h5-6H,1-4,7-8H2;2-6H2,1H3/t5-,6+;. The zero-order valence-corrected chi connectivity index (χ0v) is 9.54. The normalized spacial score (nSPS) is 26.6. The van der Waals surface area contributed by atoms with Gasteiger partial charge in [-0.05, 0) is 25.8 Å². The predicted octanol–water partition coefficient (Wildman–Crippen LogP) is 1.35. The highest BCUT2D eigenvalue weighted by Gasteiger charge is 2.16. The van der Waals surface area contributed by atoms with Crippen LogP contribution in [0.2, 0.25) is 0 Å². The fourth-order valence-electron chi connectivity index (χ4n) is 1.58. The van der Waals surface area contributed by atoms with E-state index in [1.165, 1.54) is 32.1 Å².